The van der Waals surface area contributed by atoms with E-state index in [1.54, 1.807) is 0 Å². The molecule has 2 saturated carbocycles. The van der Waals surface area contributed by atoms with Gasteiger partial charge in [-0.1, -0.05) is 37.8 Å². The van der Waals surface area contributed by atoms with Crippen molar-refractivity contribution in [3.05, 3.63) is 29.8 Å². The number of hydrogen-bond donors (Lipinski definition) is 3. The Balaban J connectivity index is 1.50. The summed E-state index contributed by atoms with van der Waals surface area (Å²) in [4.78, 5) is 35.9. The number of aliphatic carboxylic acids is 1. The molecule has 1 aromatic rings. The molecule has 0 heterocycles. The van der Waals surface area contributed by atoms with Crippen LogP contribution in [0.25, 0.3) is 0 Å². The highest BCUT2D eigenvalue weighted by molar-refractivity contribution is 5.92. The summed E-state index contributed by atoms with van der Waals surface area (Å²) in [6, 6.07) is 7.44. The Morgan fingerprint density at radius 2 is 1.81 bits per heavy atom. The molecule has 0 radical (unpaired) electrons. The second kappa shape index (κ2) is 8.55. The molecule has 0 atom stereocenters. The van der Waals surface area contributed by atoms with Crippen molar-refractivity contribution in [2.45, 2.75) is 64.3 Å². The van der Waals surface area contributed by atoms with Crippen LogP contribution in [0.15, 0.2) is 24.3 Å². The zero-order chi connectivity index (χ0) is 19.3. The SMILES string of the molecule is O=C(CC1(C(=O)O)CCC1)NCc1cccc(NC(=O)C2CCCCC2)c1. The summed E-state index contributed by atoms with van der Waals surface area (Å²) in [5, 5.41) is 15.1. The topological polar surface area (TPSA) is 95.5 Å². The van der Waals surface area contributed by atoms with Crippen molar-refractivity contribution in [1.29, 1.82) is 0 Å². The average molecular weight is 372 g/mol. The number of nitrogens with one attached hydrogen (secondary N) is 2. The maximum atomic E-state index is 12.4. The minimum atomic E-state index is -0.878. The van der Waals surface area contributed by atoms with Gasteiger partial charge in [-0.25, -0.2) is 0 Å². The Hall–Kier alpha value is -2.37. The van der Waals surface area contributed by atoms with Gasteiger partial charge in [-0.2, -0.15) is 0 Å². The molecule has 2 aliphatic rings. The van der Waals surface area contributed by atoms with E-state index in [0.29, 0.717) is 19.4 Å². The zero-order valence-electron chi connectivity index (χ0n) is 15.6. The van der Waals surface area contributed by atoms with Crippen LogP contribution in [0.3, 0.4) is 0 Å². The summed E-state index contributed by atoms with van der Waals surface area (Å²) in [5.74, 6) is -0.953. The number of carbonyl (C=O) groups is 3. The predicted octanol–water partition coefficient (Wildman–Crippen LogP) is 3.47. The predicted molar refractivity (Wildman–Crippen MR) is 102 cm³/mol. The highest BCUT2D eigenvalue weighted by Gasteiger charge is 2.45. The molecular formula is C21H28N2O4. The van der Waals surface area contributed by atoms with Gasteiger partial charge in [0.1, 0.15) is 0 Å². The van der Waals surface area contributed by atoms with Crippen molar-refractivity contribution in [3.8, 4) is 0 Å². The Labute approximate surface area is 159 Å². The van der Waals surface area contributed by atoms with Gasteiger partial charge < -0.3 is 15.7 Å². The summed E-state index contributed by atoms with van der Waals surface area (Å²) in [6.07, 6.45) is 7.37. The minimum Gasteiger partial charge on any atom is -0.481 e. The third-order valence-electron chi connectivity index (χ3n) is 5.92. The van der Waals surface area contributed by atoms with Crippen molar-refractivity contribution in [1.82, 2.24) is 5.32 Å². The van der Waals surface area contributed by atoms with Gasteiger partial charge in [-0.05, 0) is 43.4 Å². The first-order chi connectivity index (χ1) is 13.0. The number of carboxylic acid groups (broad SMARTS) is 1. The van der Waals surface area contributed by atoms with Gasteiger partial charge in [0, 0.05) is 24.6 Å². The van der Waals surface area contributed by atoms with E-state index >= 15 is 0 Å². The van der Waals surface area contributed by atoms with Gasteiger partial charge in [0.05, 0.1) is 5.41 Å². The molecule has 2 amide bonds. The largest absolute Gasteiger partial charge is 0.481 e. The van der Waals surface area contributed by atoms with Crippen LogP contribution in [-0.4, -0.2) is 22.9 Å². The number of benzene rings is 1. The van der Waals surface area contributed by atoms with Crippen LogP contribution in [0.2, 0.25) is 0 Å². The van der Waals surface area contributed by atoms with E-state index in [9.17, 15) is 19.5 Å². The summed E-state index contributed by atoms with van der Waals surface area (Å²) < 4.78 is 0. The van der Waals surface area contributed by atoms with E-state index in [0.717, 1.165) is 43.4 Å². The highest BCUT2D eigenvalue weighted by atomic mass is 16.4. The van der Waals surface area contributed by atoms with Gasteiger partial charge in [-0.3, -0.25) is 14.4 Å². The lowest BCUT2D eigenvalue weighted by atomic mass is 9.66. The second-order valence-corrected chi connectivity index (χ2v) is 7.92. The number of hydrogen-bond acceptors (Lipinski definition) is 3. The third-order valence-corrected chi connectivity index (χ3v) is 5.92. The first-order valence-electron chi connectivity index (χ1n) is 9.88. The molecule has 0 bridgehead atoms. The first kappa shape index (κ1) is 19.4. The molecule has 0 aliphatic heterocycles. The number of rotatable bonds is 7. The molecule has 0 unspecified atom stereocenters. The maximum Gasteiger partial charge on any atom is 0.310 e. The number of amides is 2. The Kier molecular flexibility index (Phi) is 6.14. The van der Waals surface area contributed by atoms with E-state index in [4.69, 9.17) is 0 Å². The van der Waals surface area contributed by atoms with Crippen molar-refractivity contribution in [2.24, 2.45) is 11.3 Å². The quantitative estimate of drug-likeness (QED) is 0.683. The summed E-state index contributed by atoms with van der Waals surface area (Å²) in [7, 11) is 0. The van der Waals surface area contributed by atoms with Crippen molar-refractivity contribution in [3.63, 3.8) is 0 Å². The van der Waals surface area contributed by atoms with Gasteiger partial charge in [-0.15, -0.1) is 0 Å². The lowest BCUT2D eigenvalue weighted by Gasteiger charge is -2.36. The fourth-order valence-corrected chi connectivity index (χ4v) is 4.01. The van der Waals surface area contributed by atoms with Crippen LogP contribution >= 0.6 is 0 Å². The lowest BCUT2D eigenvalue weighted by molar-refractivity contribution is -0.157. The van der Waals surface area contributed by atoms with Crippen LogP contribution in [0.1, 0.15) is 63.4 Å². The van der Waals surface area contributed by atoms with Crippen molar-refractivity contribution >= 4 is 23.5 Å². The number of carbonyl (C=O) groups excluding carboxylic acids is 2. The maximum absolute atomic E-state index is 12.4. The van der Waals surface area contributed by atoms with E-state index in [-0.39, 0.29) is 24.2 Å². The van der Waals surface area contributed by atoms with Crippen LogP contribution in [0.5, 0.6) is 0 Å². The fraction of sp³-hybridized carbons (Fsp3) is 0.571. The number of carboxylic acids is 1. The van der Waals surface area contributed by atoms with Crippen LogP contribution in [0, 0.1) is 11.3 Å². The van der Waals surface area contributed by atoms with E-state index in [1.165, 1.54) is 6.42 Å². The van der Waals surface area contributed by atoms with Gasteiger partial charge in [0.2, 0.25) is 11.8 Å². The first-order valence-corrected chi connectivity index (χ1v) is 9.88. The highest BCUT2D eigenvalue weighted by Crippen LogP contribution is 2.44. The molecule has 1 aromatic carbocycles. The third kappa shape index (κ3) is 4.87. The van der Waals surface area contributed by atoms with Gasteiger partial charge in [0.15, 0.2) is 0 Å². The van der Waals surface area contributed by atoms with Gasteiger partial charge >= 0.3 is 5.97 Å². The Bertz CT molecular complexity index is 706. The zero-order valence-corrected chi connectivity index (χ0v) is 15.6. The van der Waals surface area contributed by atoms with Crippen LogP contribution in [-0.2, 0) is 20.9 Å². The molecule has 6 heteroatoms. The molecule has 2 fully saturated rings. The van der Waals surface area contributed by atoms with Crippen molar-refractivity contribution < 1.29 is 19.5 Å². The molecule has 0 saturated heterocycles. The smallest absolute Gasteiger partial charge is 0.310 e. The molecule has 27 heavy (non-hydrogen) atoms. The molecule has 2 aliphatic carbocycles. The molecule has 6 nitrogen and oxygen atoms in total. The van der Waals surface area contributed by atoms with E-state index in [1.807, 2.05) is 24.3 Å². The molecule has 0 aromatic heterocycles. The second-order valence-electron chi connectivity index (χ2n) is 7.92. The standard InChI is InChI=1S/C21H28N2O4/c24-18(13-21(20(26)27)10-5-11-21)22-14-15-6-4-9-17(12-15)23-19(25)16-7-2-1-3-8-16/h4,6,9,12,16H,1-3,5,7-8,10-11,13-14H2,(H,22,24)(H,23,25)(H,26,27). The molecule has 146 valence electrons. The van der Waals surface area contributed by atoms with Crippen LogP contribution in [0.4, 0.5) is 5.69 Å². The Morgan fingerprint density at radius 1 is 1.07 bits per heavy atom. The molecule has 3 N–H and O–H groups in total. The van der Waals surface area contributed by atoms with E-state index in [2.05, 4.69) is 10.6 Å². The summed E-state index contributed by atoms with van der Waals surface area (Å²) >= 11 is 0. The van der Waals surface area contributed by atoms with Crippen LogP contribution < -0.4 is 10.6 Å². The fourth-order valence-electron chi connectivity index (χ4n) is 4.01. The van der Waals surface area contributed by atoms with Crippen molar-refractivity contribution in [2.75, 3.05) is 5.32 Å². The van der Waals surface area contributed by atoms with E-state index < -0.39 is 11.4 Å². The molecular weight excluding hydrogens is 344 g/mol. The lowest BCUT2D eigenvalue weighted by Crippen LogP contribution is -2.42. The normalized spacial score (nSPS) is 19.0. The molecule has 3 rings (SSSR count). The number of anilines is 1. The van der Waals surface area contributed by atoms with Gasteiger partial charge in [0.25, 0.3) is 0 Å². The Morgan fingerprint density at radius 3 is 2.44 bits per heavy atom. The minimum absolute atomic E-state index is 0.0282. The summed E-state index contributed by atoms with van der Waals surface area (Å²) in [5.41, 5.74) is 0.737. The summed E-state index contributed by atoms with van der Waals surface area (Å²) in [6.45, 7) is 0.321. The monoisotopic (exact) mass is 372 g/mol. The molecule has 0 spiro atoms. The average Bonchev–Trinajstić information content (AvgIpc) is 2.64.